The molecule has 0 aliphatic carbocycles. The molecule has 0 aromatic heterocycles. The molecule has 2 aromatic carbocycles. The number of hydrazone groups is 1. The molecule has 0 aliphatic rings. The van der Waals surface area contributed by atoms with Crippen molar-refractivity contribution < 1.29 is 14.2 Å². The van der Waals surface area contributed by atoms with E-state index < -0.39 is 0 Å². The second-order valence-electron chi connectivity index (χ2n) is 5.33. The molecule has 5 nitrogen and oxygen atoms in total. The SMILES string of the molecule is CCCOc1c(Br)cc(/C=N/Nc2ccc(OC)c(Cl)c2)cc1OCC. The van der Waals surface area contributed by atoms with Crippen molar-refractivity contribution in [2.24, 2.45) is 5.10 Å². The lowest BCUT2D eigenvalue weighted by atomic mass is 10.2. The van der Waals surface area contributed by atoms with Crippen molar-refractivity contribution in [3.8, 4) is 17.2 Å². The Balaban J connectivity index is 2.15. The maximum Gasteiger partial charge on any atom is 0.175 e. The Morgan fingerprint density at radius 1 is 1.15 bits per heavy atom. The predicted octanol–water partition coefficient (Wildman–Crippen LogP) is 5.74. The van der Waals surface area contributed by atoms with Crippen LogP contribution in [0.15, 0.2) is 39.9 Å². The van der Waals surface area contributed by atoms with E-state index in [1.807, 2.05) is 25.1 Å². The lowest BCUT2D eigenvalue weighted by molar-refractivity contribution is 0.275. The maximum atomic E-state index is 6.11. The van der Waals surface area contributed by atoms with Crippen LogP contribution >= 0.6 is 27.5 Å². The van der Waals surface area contributed by atoms with Gasteiger partial charge >= 0.3 is 0 Å². The van der Waals surface area contributed by atoms with Gasteiger partial charge in [-0.25, -0.2) is 0 Å². The Kier molecular flexibility index (Phi) is 8.06. The summed E-state index contributed by atoms with van der Waals surface area (Å²) in [5, 5.41) is 4.77. The van der Waals surface area contributed by atoms with Crippen LogP contribution in [0, 0.1) is 0 Å². The molecule has 7 heteroatoms. The number of nitrogens with zero attached hydrogens (tertiary/aromatic N) is 1. The number of rotatable bonds is 9. The van der Waals surface area contributed by atoms with E-state index in [9.17, 15) is 0 Å². The van der Waals surface area contributed by atoms with Gasteiger partial charge < -0.3 is 14.2 Å². The fourth-order valence-corrected chi connectivity index (χ4v) is 3.02. The Morgan fingerprint density at radius 3 is 2.62 bits per heavy atom. The van der Waals surface area contributed by atoms with Gasteiger partial charge in [0.1, 0.15) is 5.75 Å². The van der Waals surface area contributed by atoms with E-state index in [-0.39, 0.29) is 0 Å². The van der Waals surface area contributed by atoms with E-state index in [0.717, 1.165) is 22.1 Å². The number of nitrogens with one attached hydrogen (secondary N) is 1. The minimum atomic E-state index is 0.520. The number of halogens is 2. The smallest absolute Gasteiger partial charge is 0.175 e. The maximum absolute atomic E-state index is 6.11. The third-order valence-electron chi connectivity index (χ3n) is 3.34. The molecule has 140 valence electrons. The molecule has 0 unspecified atom stereocenters. The summed E-state index contributed by atoms with van der Waals surface area (Å²) in [5.41, 5.74) is 4.58. The number of ether oxygens (including phenoxy) is 3. The van der Waals surface area contributed by atoms with Crippen LogP contribution in [0.1, 0.15) is 25.8 Å². The van der Waals surface area contributed by atoms with Gasteiger partial charge in [0.25, 0.3) is 0 Å². The van der Waals surface area contributed by atoms with Crippen LogP contribution in [0.25, 0.3) is 0 Å². The van der Waals surface area contributed by atoms with Crippen LogP contribution in [-0.4, -0.2) is 26.5 Å². The summed E-state index contributed by atoms with van der Waals surface area (Å²) in [5.74, 6) is 2.01. The highest BCUT2D eigenvalue weighted by Gasteiger charge is 2.11. The van der Waals surface area contributed by atoms with Gasteiger partial charge in [0.05, 0.1) is 41.7 Å². The summed E-state index contributed by atoms with van der Waals surface area (Å²) in [6.45, 7) is 5.18. The van der Waals surface area contributed by atoms with E-state index in [0.29, 0.717) is 35.5 Å². The van der Waals surface area contributed by atoms with Gasteiger partial charge in [-0.2, -0.15) is 5.10 Å². The largest absolute Gasteiger partial charge is 0.495 e. The Labute approximate surface area is 167 Å². The normalized spacial score (nSPS) is 10.8. The molecule has 26 heavy (non-hydrogen) atoms. The first-order valence-corrected chi connectivity index (χ1v) is 9.47. The molecule has 0 radical (unpaired) electrons. The molecule has 0 bridgehead atoms. The molecule has 1 N–H and O–H groups in total. The number of hydrogen-bond donors (Lipinski definition) is 1. The van der Waals surface area contributed by atoms with Crippen molar-refractivity contribution in [3.05, 3.63) is 45.4 Å². The summed E-state index contributed by atoms with van der Waals surface area (Å²) < 4.78 is 17.4. The van der Waals surface area contributed by atoms with Crippen LogP contribution in [-0.2, 0) is 0 Å². The second kappa shape index (κ2) is 10.3. The molecule has 0 atom stereocenters. The van der Waals surface area contributed by atoms with Gasteiger partial charge in [0.15, 0.2) is 11.5 Å². The molecule has 2 rings (SSSR count). The van der Waals surface area contributed by atoms with E-state index >= 15 is 0 Å². The molecular formula is C19H22BrClN2O3. The monoisotopic (exact) mass is 440 g/mol. The number of anilines is 1. The van der Waals surface area contributed by atoms with Crippen molar-refractivity contribution in [2.45, 2.75) is 20.3 Å². The van der Waals surface area contributed by atoms with Crippen molar-refractivity contribution in [2.75, 3.05) is 25.7 Å². The lowest BCUT2D eigenvalue weighted by Crippen LogP contribution is -2.02. The zero-order valence-corrected chi connectivity index (χ0v) is 17.4. The van der Waals surface area contributed by atoms with Crippen molar-refractivity contribution in [3.63, 3.8) is 0 Å². The zero-order chi connectivity index (χ0) is 18.9. The third-order valence-corrected chi connectivity index (χ3v) is 4.23. The summed E-state index contributed by atoms with van der Waals surface area (Å²) in [6, 6.07) is 9.20. The van der Waals surface area contributed by atoms with Gasteiger partial charge in [-0.15, -0.1) is 0 Å². The zero-order valence-electron chi connectivity index (χ0n) is 15.0. The summed E-state index contributed by atoms with van der Waals surface area (Å²) in [7, 11) is 1.58. The van der Waals surface area contributed by atoms with Crippen molar-refractivity contribution in [1.82, 2.24) is 0 Å². The van der Waals surface area contributed by atoms with Crippen LogP contribution in [0.5, 0.6) is 17.2 Å². The third kappa shape index (κ3) is 5.54. The van der Waals surface area contributed by atoms with Gasteiger partial charge in [-0.3, -0.25) is 5.43 Å². The topological polar surface area (TPSA) is 52.1 Å². The van der Waals surface area contributed by atoms with E-state index in [1.54, 1.807) is 25.5 Å². The van der Waals surface area contributed by atoms with E-state index in [1.165, 1.54) is 0 Å². The first kappa shape index (κ1) is 20.4. The minimum Gasteiger partial charge on any atom is -0.495 e. The van der Waals surface area contributed by atoms with Crippen LogP contribution in [0.3, 0.4) is 0 Å². The molecular weight excluding hydrogens is 420 g/mol. The standard InChI is InChI=1S/C19H22BrClN2O3/c1-4-8-26-19-15(20)9-13(10-18(19)25-5-2)12-22-23-14-6-7-17(24-3)16(21)11-14/h6-7,9-12,23H,4-5,8H2,1-3H3/b22-12+. The molecule has 0 saturated heterocycles. The highest BCUT2D eigenvalue weighted by molar-refractivity contribution is 9.10. The highest BCUT2D eigenvalue weighted by atomic mass is 79.9. The summed E-state index contributed by atoms with van der Waals surface area (Å²) in [4.78, 5) is 0. The van der Waals surface area contributed by atoms with Gasteiger partial charge in [-0.05, 0) is 65.2 Å². The van der Waals surface area contributed by atoms with Gasteiger partial charge in [0.2, 0.25) is 0 Å². The molecule has 0 fully saturated rings. The number of hydrogen-bond acceptors (Lipinski definition) is 5. The fourth-order valence-electron chi connectivity index (χ4n) is 2.19. The van der Waals surface area contributed by atoms with Crippen molar-refractivity contribution >= 4 is 39.4 Å². The first-order chi connectivity index (χ1) is 12.6. The van der Waals surface area contributed by atoms with Crippen LogP contribution in [0.2, 0.25) is 5.02 Å². The molecule has 0 heterocycles. The molecule has 2 aromatic rings. The van der Waals surface area contributed by atoms with Crippen LogP contribution in [0.4, 0.5) is 5.69 Å². The Morgan fingerprint density at radius 2 is 1.96 bits per heavy atom. The van der Waals surface area contributed by atoms with Gasteiger partial charge in [0, 0.05) is 0 Å². The average Bonchev–Trinajstić information content (AvgIpc) is 2.61. The summed E-state index contributed by atoms with van der Waals surface area (Å²) >= 11 is 9.65. The molecule has 0 spiro atoms. The lowest BCUT2D eigenvalue weighted by Gasteiger charge is -2.14. The minimum absolute atomic E-state index is 0.520. The Bertz CT molecular complexity index is 769. The molecule has 0 amide bonds. The summed E-state index contributed by atoms with van der Waals surface area (Å²) in [6.07, 6.45) is 2.63. The fraction of sp³-hybridized carbons (Fsp3) is 0.316. The average molecular weight is 442 g/mol. The number of benzene rings is 2. The predicted molar refractivity (Wildman–Crippen MR) is 110 cm³/mol. The Hall–Kier alpha value is -1.92. The first-order valence-electron chi connectivity index (χ1n) is 8.30. The highest BCUT2D eigenvalue weighted by Crippen LogP contribution is 2.36. The quantitative estimate of drug-likeness (QED) is 0.398. The molecule has 0 aliphatic heterocycles. The van der Waals surface area contributed by atoms with Gasteiger partial charge in [-0.1, -0.05) is 18.5 Å². The van der Waals surface area contributed by atoms with Crippen LogP contribution < -0.4 is 19.6 Å². The van der Waals surface area contributed by atoms with E-state index in [4.69, 9.17) is 25.8 Å². The molecule has 0 saturated carbocycles. The number of methoxy groups -OCH3 is 1. The second-order valence-corrected chi connectivity index (χ2v) is 6.59. The van der Waals surface area contributed by atoms with E-state index in [2.05, 4.69) is 33.4 Å². The van der Waals surface area contributed by atoms with Crippen molar-refractivity contribution in [1.29, 1.82) is 0 Å².